The number of benzene rings is 4. The molecule has 0 aliphatic carbocycles. The second-order valence-corrected chi connectivity index (χ2v) is 10.3. The first-order chi connectivity index (χ1) is 20.6. The number of halogens is 4. The first-order valence-electron chi connectivity index (χ1n) is 12.2. The molecule has 9 nitrogen and oxygen atoms in total. The summed E-state index contributed by atoms with van der Waals surface area (Å²) in [5, 5.41) is 7.68. The van der Waals surface area contributed by atoms with Gasteiger partial charge in [-0.3, -0.25) is 9.59 Å². The average Bonchev–Trinajstić information content (AvgIpc) is 2.99. The zero-order valence-electron chi connectivity index (χ0n) is 21.8. The minimum Gasteiger partial charge on any atom is -0.423 e. The van der Waals surface area contributed by atoms with Gasteiger partial charge in [0, 0.05) is 27.2 Å². The molecule has 13 heteroatoms. The van der Waals surface area contributed by atoms with Crippen molar-refractivity contribution >= 4 is 76.4 Å². The number of rotatable bonds is 9. The molecule has 0 aliphatic heterocycles. The van der Waals surface area contributed by atoms with Crippen LogP contribution in [0.4, 0.5) is 0 Å². The summed E-state index contributed by atoms with van der Waals surface area (Å²) in [6.45, 7) is -0.394. The lowest BCUT2D eigenvalue weighted by atomic mass is 10.2. The molecule has 0 saturated carbocycles. The van der Waals surface area contributed by atoms with Crippen molar-refractivity contribution in [2.75, 3.05) is 6.54 Å². The lowest BCUT2D eigenvalue weighted by Gasteiger charge is -2.11. The average molecular weight is 659 g/mol. The highest BCUT2D eigenvalue weighted by Gasteiger charge is 2.15. The molecule has 0 radical (unpaired) electrons. The number of hydrogen-bond donors (Lipinski definition) is 2. The summed E-state index contributed by atoms with van der Waals surface area (Å²) in [6.07, 6.45) is 1.22. The maximum Gasteiger partial charge on any atom is 0.343 e. The van der Waals surface area contributed by atoms with Gasteiger partial charge in [-0.15, -0.1) is 0 Å². The zero-order valence-corrected chi connectivity index (χ0v) is 24.8. The van der Waals surface area contributed by atoms with E-state index in [0.717, 1.165) is 0 Å². The molecule has 0 spiro atoms. The highest BCUT2D eigenvalue weighted by molar-refractivity contribution is 6.42. The summed E-state index contributed by atoms with van der Waals surface area (Å²) >= 11 is 23.6. The molecular weight excluding hydrogens is 640 g/mol. The number of carbonyl (C=O) groups excluding carboxylic acids is 4. The first-order valence-corrected chi connectivity index (χ1v) is 13.7. The standard InChI is InChI=1S/C30H19Cl4N3O6/c31-21-7-1-17(2-8-21)29(40)42-23-11-5-20(26(14-23)43-30(41)18-3-9-22(32)10-4-18)15-36-37-27(38)16-35-28(39)19-6-12-24(33)25(34)13-19/h1-15H,16H2,(H,35,39)(H,37,38). The molecule has 2 amide bonds. The molecule has 0 fully saturated rings. The smallest absolute Gasteiger partial charge is 0.343 e. The van der Waals surface area contributed by atoms with E-state index in [4.69, 9.17) is 55.9 Å². The minimum atomic E-state index is -0.721. The number of hydrazone groups is 1. The lowest BCUT2D eigenvalue weighted by molar-refractivity contribution is -0.120. The number of carbonyl (C=O) groups is 4. The van der Waals surface area contributed by atoms with Crippen molar-refractivity contribution in [1.29, 1.82) is 0 Å². The number of esters is 2. The molecule has 43 heavy (non-hydrogen) atoms. The summed E-state index contributed by atoms with van der Waals surface area (Å²) in [5.41, 5.74) is 3.21. The Balaban J connectivity index is 1.45. The van der Waals surface area contributed by atoms with Gasteiger partial charge in [0.15, 0.2) is 0 Å². The van der Waals surface area contributed by atoms with Gasteiger partial charge in [0.05, 0.1) is 33.9 Å². The highest BCUT2D eigenvalue weighted by atomic mass is 35.5. The fourth-order valence-corrected chi connectivity index (χ4v) is 3.93. The molecule has 0 unspecified atom stereocenters. The minimum absolute atomic E-state index is 0.0210. The van der Waals surface area contributed by atoms with Crippen LogP contribution in [-0.2, 0) is 4.79 Å². The van der Waals surface area contributed by atoms with E-state index in [2.05, 4.69) is 15.8 Å². The van der Waals surface area contributed by atoms with Gasteiger partial charge in [0.1, 0.15) is 11.5 Å². The first kappa shape index (κ1) is 31.5. The predicted octanol–water partition coefficient (Wildman–Crippen LogP) is 6.62. The molecule has 2 N–H and O–H groups in total. The van der Waals surface area contributed by atoms with Gasteiger partial charge >= 0.3 is 11.9 Å². The molecule has 0 bridgehead atoms. The van der Waals surface area contributed by atoms with E-state index in [1.807, 2.05) is 0 Å². The molecule has 0 aliphatic rings. The number of nitrogens with one attached hydrogen (secondary N) is 2. The van der Waals surface area contributed by atoms with Crippen LogP contribution in [0.5, 0.6) is 11.5 Å². The molecule has 4 aromatic carbocycles. The van der Waals surface area contributed by atoms with E-state index in [1.165, 1.54) is 79.0 Å². The molecule has 4 rings (SSSR count). The number of nitrogens with zero attached hydrogens (tertiary/aromatic N) is 1. The third-order valence-electron chi connectivity index (χ3n) is 5.54. The van der Waals surface area contributed by atoms with Crippen molar-refractivity contribution < 1.29 is 28.7 Å². The number of amides is 2. The van der Waals surface area contributed by atoms with Crippen molar-refractivity contribution in [2.45, 2.75) is 0 Å². The van der Waals surface area contributed by atoms with Crippen LogP contribution in [0.25, 0.3) is 0 Å². The fourth-order valence-electron chi connectivity index (χ4n) is 3.38. The monoisotopic (exact) mass is 657 g/mol. The second kappa shape index (κ2) is 14.7. The molecular formula is C30H19Cl4N3O6. The maximum absolute atomic E-state index is 12.8. The van der Waals surface area contributed by atoms with Gasteiger partial charge in [0.2, 0.25) is 0 Å². The van der Waals surface area contributed by atoms with Crippen molar-refractivity contribution in [3.63, 3.8) is 0 Å². The van der Waals surface area contributed by atoms with Gasteiger partial charge in [-0.2, -0.15) is 5.10 Å². The van der Waals surface area contributed by atoms with E-state index >= 15 is 0 Å². The van der Waals surface area contributed by atoms with Crippen LogP contribution in [-0.4, -0.2) is 36.5 Å². The van der Waals surface area contributed by atoms with Crippen molar-refractivity contribution in [3.05, 3.63) is 127 Å². The van der Waals surface area contributed by atoms with E-state index < -0.39 is 30.3 Å². The predicted molar refractivity (Wildman–Crippen MR) is 164 cm³/mol. The van der Waals surface area contributed by atoms with Crippen LogP contribution in [0, 0.1) is 0 Å². The van der Waals surface area contributed by atoms with Crippen LogP contribution in [0.2, 0.25) is 20.1 Å². The molecule has 0 heterocycles. The van der Waals surface area contributed by atoms with Gasteiger partial charge in [-0.25, -0.2) is 15.0 Å². The SMILES string of the molecule is O=C(CNC(=O)c1ccc(Cl)c(Cl)c1)NN=Cc1ccc(OC(=O)c2ccc(Cl)cc2)cc1OC(=O)c1ccc(Cl)cc1. The Hall–Kier alpha value is -4.41. The van der Waals surface area contributed by atoms with Crippen molar-refractivity contribution in [3.8, 4) is 11.5 Å². The fraction of sp³-hybridized carbons (Fsp3) is 0.0333. The number of hydrogen-bond acceptors (Lipinski definition) is 7. The highest BCUT2D eigenvalue weighted by Crippen LogP contribution is 2.26. The second-order valence-electron chi connectivity index (χ2n) is 8.60. The Labute approximate surface area is 265 Å². The van der Waals surface area contributed by atoms with Crippen LogP contribution < -0.4 is 20.2 Å². The van der Waals surface area contributed by atoms with Crippen LogP contribution in [0.3, 0.4) is 0 Å². The van der Waals surface area contributed by atoms with Crippen molar-refractivity contribution in [1.82, 2.24) is 10.7 Å². The Morgan fingerprint density at radius 2 is 1.26 bits per heavy atom. The van der Waals surface area contributed by atoms with Gasteiger partial charge in [-0.1, -0.05) is 46.4 Å². The molecule has 0 aromatic heterocycles. The molecule has 4 aromatic rings. The number of ether oxygens (including phenoxy) is 2. The molecule has 0 saturated heterocycles. The largest absolute Gasteiger partial charge is 0.423 e. The third-order valence-corrected chi connectivity index (χ3v) is 6.79. The molecule has 218 valence electrons. The Morgan fingerprint density at radius 3 is 1.86 bits per heavy atom. The summed E-state index contributed by atoms with van der Waals surface area (Å²) in [6, 6.07) is 20.7. The Bertz CT molecular complexity index is 1710. The van der Waals surface area contributed by atoms with Gasteiger partial charge < -0.3 is 14.8 Å². The zero-order chi connectivity index (χ0) is 30.9. The van der Waals surface area contributed by atoms with E-state index in [1.54, 1.807) is 12.1 Å². The van der Waals surface area contributed by atoms with E-state index in [9.17, 15) is 19.2 Å². The maximum atomic E-state index is 12.8. The third kappa shape index (κ3) is 9.04. The lowest BCUT2D eigenvalue weighted by Crippen LogP contribution is -2.34. The summed E-state index contributed by atoms with van der Waals surface area (Å²) in [4.78, 5) is 49.9. The van der Waals surface area contributed by atoms with Crippen LogP contribution >= 0.6 is 46.4 Å². The van der Waals surface area contributed by atoms with E-state index in [-0.39, 0.29) is 43.8 Å². The van der Waals surface area contributed by atoms with Crippen LogP contribution in [0.1, 0.15) is 36.6 Å². The summed E-state index contributed by atoms with van der Waals surface area (Å²) in [5.74, 6) is -2.52. The van der Waals surface area contributed by atoms with Crippen molar-refractivity contribution in [2.24, 2.45) is 5.10 Å². The normalized spacial score (nSPS) is 10.7. The quantitative estimate of drug-likeness (QED) is 0.0902. The van der Waals surface area contributed by atoms with Gasteiger partial charge in [-0.05, 0) is 78.9 Å². The van der Waals surface area contributed by atoms with E-state index in [0.29, 0.717) is 10.0 Å². The Morgan fingerprint density at radius 1 is 0.674 bits per heavy atom. The van der Waals surface area contributed by atoms with Crippen LogP contribution in [0.15, 0.2) is 90.0 Å². The topological polar surface area (TPSA) is 123 Å². The van der Waals surface area contributed by atoms with Gasteiger partial charge in [0.25, 0.3) is 11.8 Å². The summed E-state index contributed by atoms with van der Waals surface area (Å²) in [7, 11) is 0. The Kier molecular flexibility index (Phi) is 10.7. The molecule has 0 atom stereocenters. The summed E-state index contributed by atoms with van der Waals surface area (Å²) < 4.78 is 11.0.